The Bertz CT molecular complexity index is 412. The van der Waals surface area contributed by atoms with Crippen LogP contribution in [0.25, 0.3) is 0 Å². The molecule has 0 saturated heterocycles. The van der Waals surface area contributed by atoms with Gasteiger partial charge < -0.3 is 10.4 Å². The maximum atomic E-state index is 10.7. The van der Waals surface area contributed by atoms with Gasteiger partial charge in [0.1, 0.15) is 0 Å². The molecule has 1 aromatic rings. The fraction of sp³-hybridized carbons (Fsp3) is 0. The van der Waals surface area contributed by atoms with Gasteiger partial charge in [0.2, 0.25) is 0 Å². The average molecular weight is 211 g/mol. The SMILES string of the molecule is O=C(O)C(=O)Nc1ccc([N+](=O)O)cc1. The number of benzene rings is 1. The standard InChI is InChI=1S/C8H6N2O5/c11-7(8(12)13)9-5-1-3-6(4-2-5)10(14)15/h1-4H,(H2-,9,11,12,13,14,15)/p+1. The number of rotatable bonds is 2. The monoisotopic (exact) mass is 211 g/mol. The second kappa shape index (κ2) is 4.18. The van der Waals surface area contributed by atoms with Crippen LogP contribution in [-0.2, 0) is 9.59 Å². The van der Waals surface area contributed by atoms with Crippen molar-refractivity contribution >= 4 is 23.3 Å². The van der Waals surface area contributed by atoms with Crippen molar-refractivity contribution in [2.24, 2.45) is 0 Å². The first kappa shape index (κ1) is 10.6. The van der Waals surface area contributed by atoms with Gasteiger partial charge in [-0.05, 0) is 12.1 Å². The average Bonchev–Trinajstić information content (AvgIpc) is 2.18. The Morgan fingerprint density at radius 2 is 1.73 bits per heavy atom. The molecule has 0 fully saturated rings. The molecule has 7 heteroatoms. The molecule has 0 bridgehead atoms. The Kier molecular flexibility index (Phi) is 2.97. The number of amides is 1. The van der Waals surface area contributed by atoms with E-state index in [2.05, 4.69) is 5.32 Å². The van der Waals surface area contributed by atoms with Crippen LogP contribution in [0.5, 0.6) is 0 Å². The van der Waals surface area contributed by atoms with Crippen molar-refractivity contribution < 1.29 is 24.8 Å². The minimum atomic E-state index is -1.60. The predicted molar refractivity (Wildman–Crippen MR) is 47.8 cm³/mol. The van der Waals surface area contributed by atoms with Crippen LogP contribution in [0.15, 0.2) is 24.3 Å². The number of nitrogens with one attached hydrogen (secondary N) is 1. The van der Waals surface area contributed by atoms with E-state index < -0.39 is 11.9 Å². The highest BCUT2D eigenvalue weighted by atomic mass is 16.6. The molecule has 1 aromatic carbocycles. The number of hydrogen-bond acceptors (Lipinski definition) is 3. The smallest absolute Gasteiger partial charge is 0.394 e. The minimum absolute atomic E-state index is 0.0247. The van der Waals surface area contributed by atoms with Gasteiger partial charge in [0.05, 0.1) is 4.91 Å². The van der Waals surface area contributed by atoms with E-state index in [4.69, 9.17) is 10.3 Å². The molecule has 0 aromatic heterocycles. The molecule has 0 heterocycles. The van der Waals surface area contributed by atoms with E-state index in [-0.39, 0.29) is 16.3 Å². The highest BCUT2D eigenvalue weighted by molar-refractivity contribution is 6.36. The highest BCUT2D eigenvalue weighted by Crippen LogP contribution is 2.14. The summed E-state index contributed by atoms with van der Waals surface area (Å²) >= 11 is 0. The third-order valence-corrected chi connectivity index (χ3v) is 1.54. The minimum Gasteiger partial charge on any atom is -0.474 e. The summed E-state index contributed by atoms with van der Waals surface area (Å²) < 4.78 is 0. The number of hydrogen-bond donors (Lipinski definition) is 3. The van der Waals surface area contributed by atoms with Crippen molar-refractivity contribution in [3.05, 3.63) is 29.2 Å². The zero-order valence-electron chi connectivity index (χ0n) is 7.38. The first-order valence-electron chi connectivity index (χ1n) is 3.81. The van der Waals surface area contributed by atoms with Crippen LogP contribution in [0.1, 0.15) is 0 Å². The largest absolute Gasteiger partial charge is 0.474 e. The Morgan fingerprint density at radius 1 is 1.20 bits per heavy atom. The molecule has 7 nitrogen and oxygen atoms in total. The first-order chi connectivity index (χ1) is 7.00. The fourth-order valence-electron chi connectivity index (χ4n) is 0.857. The third kappa shape index (κ3) is 2.76. The summed E-state index contributed by atoms with van der Waals surface area (Å²) in [6.07, 6.45) is 0. The number of carboxylic acids is 1. The highest BCUT2D eigenvalue weighted by Gasteiger charge is 2.13. The van der Waals surface area contributed by atoms with E-state index in [0.29, 0.717) is 0 Å². The fourth-order valence-corrected chi connectivity index (χ4v) is 0.857. The summed E-state index contributed by atoms with van der Waals surface area (Å²) in [7, 11) is 0. The van der Waals surface area contributed by atoms with Crippen molar-refractivity contribution in [3.63, 3.8) is 0 Å². The molecular formula is C8H7N2O5+. The molecule has 0 saturated carbocycles. The topological polar surface area (TPSA) is 107 Å². The second-order valence-corrected chi connectivity index (χ2v) is 2.58. The maximum absolute atomic E-state index is 10.7. The normalized spacial score (nSPS) is 9.33. The van der Waals surface area contributed by atoms with Crippen LogP contribution in [0.3, 0.4) is 0 Å². The molecule has 0 atom stereocenters. The molecule has 0 aliphatic carbocycles. The van der Waals surface area contributed by atoms with E-state index in [1.54, 1.807) is 0 Å². The van der Waals surface area contributed by atoms with E-state index in [1.807, 2.05) is 0 Å². The zero-order valence-corrected chi connectivity index (χ0v) is 7.38. The molecule has 78 valence electrons. The second-order valence-electron chi connectivity index (χ2n) is 2.58. The molecule has 0 radical (unpaired) electrons. The van der Waals surface area contributed by atoms with Crippen LogP contribution < -0.4 is 5.32 Å². The lowest BCUT2D eigenvalue weighted by atomic mass is 10.3. The van der Waals surface area contributed by atoms with Crippen molar-refractivity contribution in [2.45, 2.75) is 0 Å². The Balaban J connectivity index is 2.77. The van der Waals surface area contributed by atoms with Crippen LogP contribution in [-0.4, -0.2) is 27.1 Å². The van der Waals surface area contributed by atoms with Gasteiger partial charge in [-0.25, -0.2) is 10.0 Å². The van der Waals surface area contributed by atoms with Crippen molar-refractivity contribution in [3.8, 4) is 0 Å². The lowest BCUT2D eigenvalue weighted by Crippen LogP contribution is -2.21. The number of carboxylic acid groups (broad SMARTS) is 1. The Hall–Kier alpha value is -2.44. The van der Waals surface area contributed by atoms with Crippen molar-refractivity contribution in [1.82, 2.24) is 0 Å². The van der Waals surface area contributed by atoms with Gasteiger partial charge in [0.25, 0.3) is 4.92 Å². The van der Waals surface area contributed by atoms with Gasteiger partial charge in [-0.1, -0.05) is 0 Å². The summed E-state index contributed by atoms with van der Waals surface area (Å²) in [5, 5.41) is 18.8. The van der Waals surface area contributed by atoms with Gasteiger partial charge in [0, 0.05) is 17.8 Å². The van der Waals surface area contributed by atoms with Crippen LogP contribution in [0.2, 0.25) is 0 Å². The molecule has 0 aliphatic heterocycles. The summed E-state index contributed by atoms with van der Waals surface area (Å²) in [4.78, 5) is 30.9. The summed E-state index contributed by atoms with van der Waals surface area (Å²) in [6, 6.07) is 5.03. The summed E-state index contributed by atoms with van der Waals surface area (Å²) in [5.74, 6) is -2.78. The molecular weight excluding hydrogens is 204 g/mol. The zero-order chi connectivity index (χ0) is 11.4. The van der Waals surface area contributed by atoms with Gasteiger partial charge in [-0.15, -0.1) is 0 Å². The molecule has 0 unspecified atom stereocenters. The Labute approximate surface area is 83.5 Å². The van der Waals surface area contributed by atoms with Crippen molar-refractivity contribution in [2.75, 3.05) is 5.32 Å². The number of carbonyl (C=O) groups excluding carboxylic acids is 1. The number of anilines is 1. The quantitative estimate of drug-likeness (QED) is 0.488. The number of carbonyl (C=O) groups is 2. The third-order valence-electron chi connectivity index (χ3n) is 1.54. The molecule has 1 rings (SSSR count). The Morgan fingerprint density at radius 3 is 2.13 bits per heavy atom. The molecule has 0 aliphatic rings. The lowest BCUT2D eigenvalue weighted by Gasteiger charge is -1.99. The van der Waals surface area contributed by atoms with Crippen LogP contribution >= 0.6 is 0 Å². The maximum Gasteiger partial charge on any atom is 0.394 e. The molecule has 1 amide bonds. The first-order valence-corrected chi connectivity index (χ1v) is 3.81. The summed E-state index contributed by atoms with van der Waals surface area (Å²) in [6.45, 7) is 0. The lowest BCUT2D eigenvalue weighted by molar-refractivity contribution is -0.729. The van der Waals surface area contributed by atoms with Gasteiger partial charge in [-0.2, -0.15) is 0 Å². The van der Waals surface area contributed by atoms with E-state index in [0.717, 1.165) is 0 Å². The van der Waals surface area contributed by atoms with E-state index in [1.165, 1.54) is 24.3 Å². The van der Waals surface area contributed by atoms with E-state index >= 15 is 0 Å². The van der Waals surface area contributed by atoms with Crippen LogP contribution in [0.4, 0.5) is 11.4 Å². The number of aliphatic carboxylic acids is 1. The van der Waals surface area contributed by atoms with Gasteiger partial charge >= 0.3 is 17.6 Å². The predicted octanol–water partition coefficient (Wildman–Crippen LogP) is 0.509. The summed E-state index contributed by atoms with van der Waals surface area (Å²) in [5.41, 5.74) is 0.191. The van der Waals surface area contributed by atoms with Crippen molar-refractivity contribution in [1.29, 1.82) is 0 Å². The van der Waals surface area contributed by atoms with Gasteiger partial charge in [0.15, 0.2) is 0 Å². The molecule has 3 N–H and O–H groups in total. The molecule has 15 heavy (non-hydrogen) atoms. The van der Waals surface area contributed by atoms with Gasteiger partial charge in [-0.3, -0.25) is 4.79 Å². The number of nitrogens with zero attached hydrogens (tertiary/aromatic N) is 1. The van der Waals surface area contributed by atoms with Crippen LogP contribution in [0, 0.1) is 4.91 Å². The van der Waals surface area contributed by atoms with E-state index in [9.17, 15) is 14.5 Å². The molecule has 0 spiro atoms.